The molecular formula is C21H27FN4OS. The average Bonchev–Trinajstić information content (AvgIpc) is 3.16. The van der Waals surface area contributed by atoms with Crippen LogP contribution in [-0.2, 0) is 24.2 Å². The molecule has 1 amide bonds. The SMILES string of the molecule is CN=C(NCCC(=O)N1CCc2sccc2C1)NCCc1ccc(F)cc1C. The predicted molar refractivity (Wildman–Crippen MR) is 112 cm³/mol. The number of nitrogens with one attached hydrogen (secondary N) is 2. The van der Waals surface area contributed by atoms with Gasteiger partial charge in [0.1, 0.15) is 5.82 Å². The summed E-state index contributed by atoms with van der Waals surface area (Å²) in [6.07, 6.45) is 2.18. The van der Waals surface area contributed by atoms with Gasteiger partial charge in [0, 0.05) is 44.5 Å². The Bertz CT molecular complexity index is 849. The van der Waals surface area contributed by atoms with Crippen LogP contribution in [0.15, 0.2) is 34.6 Å². The molecule has 2 aromatic rings. The van der Waals surface area contributed by atoms with E-state index in [1.165, 1.54) is 16.5 Å². The van der Waals surface area contributed by atoms with E-state index in [4.69, 9.17) is 0 Å². The van der Waals surface area contributed by atoms with Crippen LogP contribution in [0.2, 0.25) is 0 Å². The summed E-state index contributed by atoms with van der Waals surface area (Å²) < 4.78 is 13.2. The number of thiophene rings is 1. The number of carbonyl (C=O) groups excluding carboxylic acids is 1. The molecule has 2 heterocycles. The number of guanidine groups is 1. The van der Waals surface area contributed by atoms with E-state index in [0.717, 1.165) is 37.1 Å². The molecule has 28 heavy (non-hydrogen) atoms. The molecule has 1 aliphatic rings. The van der Waals surface area contributed by atoms with Crippen molar-refractivity contribution in [1.82, 2.24) is 15.5 Å². The summed E-state index contributed by atoms with van der Waals surface area (Å²) in [7, 11) is 1.71. The molecule has 0 spiro atoms. The van der Waals surface area contributed by atoms with Crippen LogP contribution in [0.4, 0.5) is 4.39 Å². The standard InChI is InChI=1S/C21H27FN4OS/c1-15-13-18(22)4-3-16(15)5-9-24-21(23-2)25-10-6-20(27)26-11-7-19-17(14-26)8-12-28-19/h3-4,8,12-13H,5-7,9-11,14H2,1-2H3,(H2,23,24,25). The van der Waals surface area contributed by atoms with Crippen molar-refractivity contribution in [3.05, 3.63) is 57.0 Å². The molecule has 0 atom stereocenters. The highest BCUT2D eigenvalue weighted by molar-refractivity contribution is 7.10. The first-order chi connectivity index (χ1) is 13.6. The fourth-order valence-corrected chi connectivity index (χ4v) is 4.27. The second-order valence-electron chi connectivity index (χ2n) is 6.93. The molecule has 0 radical (unpaired) electrons. The van der Waals surface area contributed by atoms with Crippen LogP contribution in [0, 0.1) is 12.7 Å². The highest BCUT2D eigenvalue weighted by Gasteiger charge is 2.20. The summed E-state index contributed by atoms with van der Waals surface area (Å²) in [6, 6.07) is 6.97. The van der Waals surface area contributed by atoms with Crippen molar-refractivity contribution in [3.8, 4) is 0 Å². The summed E-state index contributed by atoms with van der Waals surface area (Å²) >= 11 is 1.78. The quantitative estimate of drug-likeness (QED) is 0.577. The normalized spacial score (nSPS) is 14.0. The number of aliphatic imine (C=N–C) groups is 1. The van der Waals surface area contributed by atoms with Crippen molar-refractivity contribution >= 4 is 23.2 Å². The molecule has 0 unspecified atom stereocenters. The van der Waals surface area contributed by atoms with E-state index >= 15 is 0 Å². The molecule has 7 heteroatoms. The van der Waals surface area contributed by atoms with Crippen molar-refractivity contribution in [2.45, 2.75) is 32.7 Å². The third-order valence-corrected chi connectivity index (χ3v) is 6.03. The van der Waals surface area contributed by atoms with E-state index in [1.54, 1.807) is 24.5 Å². The smallest absolute Gasteiger partial charge is 0.224 e. The Labute approximate surface area is 169 Å². The van der Waals surface area contributed by atoms with E-state index in [-0.39, 0.29) is 11.7 Å². The molecule has 5 nitrogen and oxygen atoms in total. The zero-order chi connectivity index (χ0) is 19.9. The Morgan fingerprint density at radius 3 is 2.89 bits per heavy atom. The Hall–Kier alpha value is -2.41. The lowest BCUT2D eigenvalue weighted by Gasteiger charge is -2.27. The molecule has 150 valence electrons. The van der Waals surface area contributed by atoms with Gasteiger partial charge in [-0.2, -0.15) is 0 Å². The van der Waals surface area contributed by atoms with Crippen molar-refractivity contribution in [2.24, 2.45) is 4.99 Å². The lowest BCUT2D eigenvalue weighted by atomic mass is 10.1. The highest BCUT2D eigenvalue weighted by atomic mass is 32.1. The summed E-state index contributed by atoms with van der Waals surface area (Å²) in [5.41, 5.74) is 3.34. The topological polar surface area (TPSA) is 56.7 Å². The average molecular weight is 403 g/mol. The molecule has 1 aliphatic heterocycles. The fourth-order valence-electron chi connectivity index (χ4n) is 3.38. The van der Waals surface area contributed by atoms with Crippen LogP contribution in [-0.4, -0.2) is 43.4 Å². The highest BCUT2D eigenvalue weighted by Crippen LogP contribution is 2.24. The van der Waals surface area contributed by atoms with Crippen LogP contribution < -0.4 is 10.6 Å². The number of carbonyl (C=O) groups is 1. The lowest BCUT2D eigenvalue weighted by molar-refractivity contribution is -0.131. The number of amides is 1. The van der Waals surface area contributed by atoms with Crippen molar-refractivity contribution in [1.29, 1.82) is 0 Å². The Balaban J connectivity index is 1.38. The third kappa shape index (κ3) is 5.32. The van der Waals surface area contributed by atoms with Crippen LogP contribution in [0.1, 0.15) is 28.0 Å². The lowest BCUT2D eigenvalue weighted by Crippen LogP contribution is -2.41. The molecular weight excluding hydrogens is 375 g/mol. The van der Waals surface area contributed by atoms with Crippen LogP contribution in [0.3, 0.4) is 0 Å². The molecule has 2 N–H and O–H groups in total. The van der Waals surface area contributed by atoms with Gasteiger partial charge in [-0.1, -0.05) is 6.07 Å². The summed E-state index contributed by atoms with van der Waals surface area (Å²) in [6.45, 7) is 4.67. The van der Waals surface area contributed by atoms with E-state index < -0.39 is 0 Å². The van der Waals surface area contributed by atoms with Crippen LogP contribution >= 0.6 is 11.3 Å². The number of fused-ring (bicyclic) bond motifs is 1. The first-order valence-corrected chi connectivity index (χ1v) is 10.5. The van der Waals surface area contributed by atoms with Gasteiger partial charge in [0.25, 0.3) is 0 Å². The van der Waals surface area contributed by atoms with Crippen LogP contribution in [0.5, 0.6) is 0 Å². The van der Waals surface area contributed by atoms with E-state index in [1.807, 2.05) is 17.9 Å². The second-order valence-corrected chi connectivity index (χ2v) is 7.93. The third-order valence-electron chi connectivity index (χ3n) is 5.01. The summed E-state index contributed by atoms with van der Waals surface area (Å²) in [5.74, 6) is 0.633. The second kappa shape index (κ2) is 9.68. The summed E-state index contributed by atoms with van der Waals surface area (Å²) in [4.78, 5) is 20.0. The maximum atomic E-state index is 13.2. The zero-order valence-corrected chi connectivity index (χ0v) is 17.2. The van der Waals surface area contributed by atoms with Gasteiger partial charge in [-0.25, -0.2) is 4.39 Å². The Morgan fingerprint density at radius 2 is 2.11 bits per heavy atom. The molecule has 0 aliphatic carbocycles. The van der Waals surface area contributed by atoms with Gasteiger partial charge < -0.3 is 15.5 Å². The van der Waals surface area contributed by atoms with Gasteiger partial charge in [-0.15, -0.1) is 11.3 Å². The van der Waals surface area contributed by atoms with E-state index in [2.05, 4.69) is 27.1 Å². The first kappa shape index (κ1) is 20.3. The monoisotopic (exact) mass is 402 g/mol. The van der Waals surface area contributed by atoms with Gasteiger partial charge in [-0.3, -0.25) is 9.79 Å². The van der Waals surface area contributed by atoms with Gasteiger partial charge in [0.15, 0.2) is 5.96 Å². The minimum Gasteiger partial charge on any atom is -0.356 e. The Kier molecular flexibility index (Phi) is 7.03. The molecule has 3 rings (SSSR count). The van der Waals surface area contributed by atoms with E-state index in [9.17, 15) is 9.18 Å². The largest absolute Gasteiger partial charge is 0.356 e. The molecule has 0 saturated heterocycles. The predicted octanol–water partition coefficient (Wildman–Crippen LogP) is 2.88. The molecule has 1 aromatic carbocycles. The first-order valence-electron chi connectivity index (χ1n) is 9.59. The van der Waals surface area contributed by atoms with Gasteiger partial charge in [0.05, 0.1) is 0 Å². The summed E-state index contributed by atoms with van der Waals surface area (Å²) in [5, 5.41) is 8.54. The molecule has 0 bridgehead atoms. The fraction of sp³-hybridized carbons (Fsp3) is 0.429. The zero-order valence-electron chi connectivity index (χ0n) is 16.4. The maximum Gasteiger partial charge on any atom is 0.224 e. The number of hydrogen-bond acceptors (Lipinski definition) is 3. The number of halogens is 1. The van der Waals surface area contributed by atoms with E-state index in [0.29, 0.717) is 25.5 Å². The Morgan fingerprint density at radius 1 is 1.29 bits per heavy atom. The number of aryl methyl sites for hydroxylation is 1. The molecule has 0 saturated carbocycles. The number of rotatable bonds is 6. The minimum absolute atomic E-state index is 0.168. The van der Waals surface area contributed by atoms with Crippen molar-refractivity contribution < 1.29 is 9.18 Å². The van der Waals surface area contributed by atoms with Crippen molar-refractivity contribution in [3.63, 3.8) is 0 Å². The maximum absolute atomic E-state index is 13.2. The van der Waals surface area contributed by atoms with Crippen LogP contribution in [0.25, 0.3) is 0 Å². The molecule has 0 fully saturated rings. The number of benzene rings is 1. The number of nitrogens with zero attached hydrogens (tertiary/aromatic N) is 2. The van der Waals surface area contributed by atoms with Gasteiger partial charge in [0.2, 0.25) is 5.91 Å². The van der Waals surface area contributed by atoms with Gasteiger partial charge in [-0.05, 0) is 60.0 Å². The molecule has 1 aromatic heterocycles. The number of hydrogen-bond donors (Lipinski definition) is 2. The minimum atomic E-state index is -0.208. The van der Waals surface area contributed by atoms with Gasteiger partial charge >= 0.3 is 0 Å². The van der Waals surface area contributed by atoms with Crippen molar-refractivity contribution in [2.75, 3.05) is 26.7 Å².